The standard InChI is InChI=1S/C14H19ClFN/c1-2-14(6-3-7-14)10-17-9-11-8-12(16)4-5-13(11)15/h4-5,8,17H,2-3,6-7,9-10H2,1H3. The van der Waals surface area contributed by atoms with Crippen LogP contribution < -0.4 is 5.32 Å². The molecule has 3 heteroatoms. The lowest BCUT2D eigenvalue weighted by Crippen LogP contribution is -2.39. The molecule has 1 aromatic carbocycles. The smallest absolute Gasteiger partial charge is 0.123 e. The molecule has 0 atom stereocenters. The molecule has 0 aromatic heterocycles. The zero-order valence-electron chi connectivity index (χ0n) is 10.2. The van der Waals surface area contributed by atoms with Crippen LogP contribution in [0.4, 0.5) is 4.39 Å². The maximum Gasteiger partial charge on any atom is 0.123 e. The molecule has 0 amide bonds. The minimum absolute atomic E-state index is 0.222. The fraction of sp³-hybridized carbons (Fsp3) is 0.571. The van der Waals surface area contributed by atoms with Crippen molar-refractivity contribution in [2.45, 2.75) is 39.2 Å². The Hall–Kier alpha value is -0.600. The van der Waals surface area contributed by atoms with Crippen LogP contribution in [-0.4, -0.2) is 6.54 Å². The number of nitrogens with one attached hydrogen (secondary N) is 1. The van der Waals surface area contributed by atoms with Gasteiger partial charge in [-0.2, -0.15) is 0 Å². The molecule has 1 saturated carbocycles. The average molecular weight is 256 g/mol. The van der Waals surface area contributed by atoms with Gasteiger partial charge >= 0.3 is 0 Å². The molecule has 1 aromatic rings. The van der Waals surface area contributed by atoms with Gasteiger partial charge in [-0.3, -0.25) is 0 Å². The first kappa shape index (κ1) is 12.8. The van der Waals surface area contributed by atoms with Gasteiger partial charge in [0.05, 0.1) is 0 Å². The zero-order valence-corrected chi connectivity index (χ0v) is 11.0. The summed E-state index contributed by atoms with van der Waals surface area (Å²) in [4.78, 5) is 0. The van der Waals surface area contributed by atoms with Crippen molar-refractivity contribution in [1.82, 2.24) is 5.32 Å². The lowest BCUT2D eigenvalue weighted by Gasteiger charge is -2.41. The molecule has 1 N–H and O–H groups in total. The molecule has 0 aliphatic heterocycles. The summed E-state index contributed by atoms with van der Waals surface area (Å²) >= 11 is 6.02. The summed E-state index contributed by atoms with van der Waals surface area (Å²) in [7, 11) is 0. The van der Waals surface area contributed by atoms with Gasteiger partial charge < -0.3 is 5.32 Å². The summed E-state index contributed by atoms with van der Waals surface area (Å²) < 4.78 is 13.1. The molecule has 0 unspecified atom stereocenters. The Bertz CT molecular complexity index is 382. The van der Waals surface area contributed by atoms with Crippen LogP contribution in [0, 0.1) is 11.2 Å². The highest BCUT2D eigenvalue weighted by Crippen LogP contribution is 2.43. The van der Waals surface area contributed by atoms with Crippen LogP contribution in [0.15, 0.2) is 18.2 Å². The summed E-state index contributed by atoms with van der Waals surface area (Å²) in [5.74, 6) is -0.222. The van der Waals surface area contributed by atoms with Crippen molar-refractivity contribution >= 4 is 11.6 Å². The Balaban J connectivity index is 1.87. The van der Waals surface area contributed by atoms with E-state index >= 15 is 0 Å². The van der Waals surface area contributed by atoms with Crippen molar-refractivity contribution in [3.05, 3.63) is 34.6 Å². The molecule has 94 valence electrons. The van der Waals surface area contributed by atoms with E-state index in [0.717, 1.165) is 12.1 Å². The molecular weight excluding hydrogens is 237 g/mol. The Morgan fingerprint density at radius 1 is 1.41 bits per heavy atom. The molecule has 1 aliphatic rings. The van der Waals surface area contributed by atoms with Crippen LogP contribution in [0.3, 0.4) is 0 Å². The molecule has 0 saturated heterocycles. The third-order valence-electron chi connectivity index (χ3n) is 3.99. The number of halogens is 2. The summed E-state index contributed by atoms with van der Waals surface area (Å²) in [6, 6.07) is 4.52. The molecule has 2 rings (SSSR count). The number of hydrogen-bond donors (Lipinski definition) is 1. The Morgan fingerprint density at radius 2 is 2.18 bits per heavy atom. The molecule has 1 fully saturated rings. The van der Waals surface area contributed by atoms with E-state index < -0.39 is 0 Å². The predicted molar refractivity (Wildman–Crippen MR) is 69.7 cm³/mol. The second kappa shape index (κ2) is 5.36. The van der Waals surface area contributed by atoms with E-state index in [2.05, 4.69) is 12.2 Å². The minimum Gasteiger partial charge on any atom is -0.312 e. The highest BCUT2D eigenvalue weighted by Gasteiger charge is 2.34. The van der Waals surface area contributed by atoms with Gasteiger partial charge in [0.15, 0.2) is 0 Å². The van der Waals surface area contributed by atoms with Gasteiger partial charge in [0.2, 0.25) is 0 Å². The maximum atomic E-state index is 13.1. The maximum absolute atomic E-state index is 13.1. The Morgan fingerprint density at radius 3 is 2.76 bits per heavy atom. The van der Waals surface area contributed by atoms with E-state index in [1.165, 1.54) is 37.8 Å². The van der Waals surface area contributed by atoms with Crippen LogP contribution in [-0.2, 0) is 6.54 Å². The highest BCUT2D eigenvalue weighted by atomic mass is 35.5. The van der Waals surface area contributed by atoms with Crippen LogP contribution in [0.25, 0.3) is 0 Å². The van der Waals surface area contributed by atoms with E-state index in [-0.39, 0.29) is 5.82 Å². The molecular formula is C14H19ClFN. The molecule has 17 heavy (non-hydrogen) atoms. The van der Waals surface area contributed by atoms with E-state index in [9.17, 15) is 4.39 Å². The van der Waals surface area contributed by atoms with E-state index in [1.54, 1.807) is 6.07 Å². The molecule has 0 radical (unpaired) electrons. The van der Waals surface area contributed by atoms with Gasteiger partial charge in [0.25, 0.3) is 0 Å². The SMILES string of the molecule is CCC1(CNCc2cc(F)ccc2Cl)CCC1. The Kier molecular flexibility index (Phi) is 4.05. The predicted octanol–water partition coefficient (Wildman–Crippen LogP) is 4.15. The third kappa shape index (κ3) is 2.99. The lowest BCUT2D eigenvalue weighted by atomic mass is 9.67. The molecule has 0 bridgehead atoms. The van der Waals surface area contributed by atoms with E-state index in [1.807, 2.05) is 0 Å². The van der Waals surface area contributed by atoms with Crippen molar-refractivity contribution in [1.29, 1.82) is 0 Å². The van der Waals surface area contributed by atoms with Crippen molar-refractivity contribution in [2.75, 3.05) is 6.54 Å². The number of rotatable bonds is 5. The normalized spacial score (nSPS) is 17.8. The minimum atomic E-state index is -0.222. The lowest BCUT2D eigenvalue weighted by molar-refractivity contribution is 0.124. The zero-order chi connectivity index (χ0) is 12.3. The van der Waals surface area contributed by atoms with Crippen LogP contribution in [0.1, 0.15) is 38.2 Å². The third-order valence-corrected chi connectivity index (χ3v) is 4.36. The van der Waals surface area contributed by atoms with Gasteiger partial charge in [-0.25, -0.2) is 4.39 Å². The van der Waals surface area contributed by atoms with Crippen molar-refractivity contribution in [3.8, 4) is 0 Å². The van der Waals surface area contributed by atoms with Crippen molar-refractivity contribution < 1.29 is 4.39 Å². The largest absolute Gasteiger partial charge is 0.312 e. The fourth-order valence-electron chi connectivity index (χ4n) is 2.47. The molecule has 0 heterocycles. The van der Waals surface area contributed by atoms with Crippen LogP contribution in [0.2, 0.25) is 5.02 Å². The van der Waals surface area contributed by atoms with E-state index in [0.29, 0.717) is 17.0 Å². The first-order valence-electron chi connectivity index (χ1n) is 6.30. The van der Waals surface area contributed by atoms with Gasteiger partial charge in [-0.05, 0) is 48.4 Å². The highest BCUT2D eigenvalue weighted by molar-refractivity contribution is 6.31. The van der Waals surface area contributed by atoms with Gasteiger partial charge in [-0.1, -0.05) is 24.9 Å². The van der Waals surface area contributed by atoms with Crippen LogP contribution >= 0.6 is 11.6 Å². The topological polar surface area (TPSA) is 12.0 Å². The number of benzene rings is 1. The first-order valence-corrected chi connectivity index (χ1v) is 6.68. The first-order chi connectivity index (χ1) is 8.15. The summed E-state index contributed by atoms with van der Waals surface area (Å²) in [5, 5.41) is 4.05. The quantitative estimate of drug-likeness (QED) is 0.834. The van der Waals surface area contributed by atoms with Gasteiger partial charge in [-0.15, -0.1) is 0 Å². The van der Waals surface area contributed by atoms with E-state index in [4.69, 9.17) is 11.6 Å². The van der Waals surface area contributed by atoms with Gasteiger partial charge in [0.1, 0.15) is 5.82 Å². The molecule has 0 spiro atoms. The second-order valence-corrected chi connectivity index (χ2v) is 5.45. The molecule has 1 nitrogen and oxygen atoms in total. The molecule has 1 aliphatic carbocycles. The van der Waals surface area contributed by atoms with Crippen molar-refractivity contribution in [2.24, 2.45) is 5.41 Å². The Labute approximate surface area is 107 Å². The van der Waals surface area contributed by atoms with Crippen LogP contribution in [0.5, 0.6) is 0 Å². The monoisotopic (exact) mass is 255 g/mol. The summed E-state index contributed by atoms with van der Waals surface area (Å²) in [6.07, 6.45) is 5.19. The average Bonchev–Trinajstić information content (AvgIpc) is 2.27. The summed E-state index contributed by atoms with van der Waals surface area (Å²) in [6.45, 7) is 3.91. The second-order valence-electron chi connectivity index (χ2n) is 5.05. The number of hydrogen-bond acceptors (Lipinski definition) is 1. The summed E-state index contributed by atoms with van der Waals surface area (Å²) in [5.41, 5.74) is 1.33. The fourth-order valence-corrected chi connectivity index (χ4v) is 2.66. The van der Waals surface area contributed by atoms with Crippen molar-refractivity contribution in [3.63, 3.8) is 0 Å². The van der Waals surface area contributed by atoms with Gasteiger partial charge in [0, 0.05) is 18.1 Å².